The summed E-state index contributed by atoms with van der Waals surface area (Å²) in [5.74, 6) is 0.864. The molecule has 3 aromatic rings. The Bertz CT molecular complexity index is 969. The molecule has 0 aliphatic rings. The molecule has 3 amide bonds. The van der Waals surface area contributed by atoms with Gasteiger partial charge >= 0.3 is 6.03 Å². The fourth-order valence-corrected chi connectivity index (χ4v) is 2.61. The van der Waals surface area contributed by atoms with Gasteiger partial charge in [0.05, 0.1) is 23.5 Å². The van der Waals surface area contributed by atoms with Gasteiger partial charge in [0, 0.05) is 26.4 Å². The molecule has 0 radical (unpaired) electrons. The first kappa shape index (κ1) is 19.2. The highest BCUT2D eigenvalue weighted by Crippen LogP contribution is 2.21. The summed E-state index contributed by atoms with van der Waals surface area (Å²) in [6, 6.07) is 10.9. The number of aromatic nitrogens is 3. The Balaban J connectivity index is 1.63. The van der Waals surface area contributed by atoms with Crippen LogP contribution in [0.15, 0.2) is 42.6 Å². The lowest BCUT2D eigenvalue weighted by Crippen LogP contribution is -2.31. The van der Waals surface area contributed by atoms with Crippen molar-refractivity contribution < 1.29 is 9.59 Å². The van der Waals surface area contributed by atoms with Gasteiger partial charge in [0.15, 0.2) is 5.82 Å². The number of carbonyl (C=O) groups is 2. The number of anilines is 2. The molecule has 0 spiro atoms. The lowest BCUT2D eigenvalue weighted by molar-refractivity contribution is -0.126. The van der Waals surface area contributed by atoms with E-state index in [1.54, 1.807) is 26.4 Å². The molecular formula is C19H23N7O2. The number of nitrogens with zero attached hydrogens (tertiary/aromatic N) is 3. The number of likely N-dealkylation sites (N-methyl/N-ethyl adjacent to an activating group) is 1. The third-order valence-electron chi connectivity index (χ3n) is 4.24. The minimum atomic E-state index is -0.349. The summed E-state index contributed by atoms with van der Waals surface area (Å²) in [5.41, 5.74) is 1.71. The number of H-pyrrole nitrogens is 1. The summed E-state index contributed by atoms with van der Waals surface area (Å²) in [6.07, 6.45) is 1.59. The first-order valence-corrected chi connectivity index (χ1v) is 8.84. The third kappa shape index (κ3) is 4.56. The zero-order valence-corrected chi connectivity index (χ0v) is 16.0. The monoisotopic (exact) mass is 381 g/mol. The van der Waals surface area contributed by atoms with Crippen molar-refractivity contribution in [2.24, 2.45) is 0 Å². The van der Waals surface area contributed by atoms with Gasteiger partial charge in [-0.05, 0) is 12.5 Å². The molecule has 9 nitrogen and oxygen atoms in total. The zero-order valence-electron chi connectivity index (χ0n) is 16.0. The Labute approximate surface area is 162 Å². The number of rotatable bonds is 6. The lowest BCUT2D eigenvalue weighted by atomic mass is 10.1. The first-order valence-electron chi connectivity index (χ1n) is 8.84. The second-order valence-corrected chi connectivity index (χ2v) is 6.56. The van der Waals surface area contributed by atoms with Gasteiger partial charge in [0.1, 0.15) is 5.82 Å². The number of urea groups is 1. The Kier molecular flexibility index (Phi) is 5.73. The Morgan fingerprint density at radius 3 is 2.68 bits per heavy atom. The Morgan fingerprint density at radius 2 is 1.96 bits per heavy atom. The van der Waals surface area contributed by atoms with Gasteiger partial charge in [-0.25, -0.2) is 9.78 Å². The van der Waals surface area contributed by atoms with Gasteiger partial charge in [-0.15, -0.1) is 0 Å². The van der Waals surface area contributed by atoms with Gasteiger partial charge in [0.2, 0.25) is 5.91 Å². The molecule has 0 aliphatic heterocycles. The van der Waals surface area contributed by atoms with Crippen molar-refractivity contribution in [3.8, 4) is 0 Å². The molecule has 0 saturated carbocycles. The van der Waals surface area contributed by atoms with Crippen molar-refractivity contribution in [2.45, 2.75) is 13.0 Å². The molecule has 1 aromatic carbocycles. The number of benzene rings is 1. The maximum absolute atomic E-state index is 12.2. The molecule has 146 valence electrons. The summed E-state index contributed by atoms with van der Waals surface area (Å²) in [7, 11) is 3.38. The van der Waals surface area contributed by atoms with Crippen molar-refractivity contribution in [3.05, 3.63) is 48.2 Å². The Hall–Kier alpha value is -3.62. The molecule has 28 heavy (non-hydrogen) atoms. The summed E-state index contributed by atoms with van der Waals surface area (Å²) in [5, 5.41) is 16.3. The molecule has 0 aliphatic carbocycles. The van der Waals surface area contributed by atoms with Gasteiger partial charge in [0.25, 0.3) is 0 Å². The standard InChI is InChI=1S/C19H23N7O2/c1-12(13-7-5-4-6-8-13)22-19(28)23-16-9-15-14(10-20-16)18(25-24-15)21-11-17(27)26(2)3/h4-10,12H,11H2,1-3H3,(H2,21,24,25)(H2,20,22,23,28)/t12-/m1/s1. The van der Waals surface area contributed by atoms with Crippen LogP contribution in [0, 0.1) is 0 Å². The predicted octanol–water partition coefficient (Wildman–Crippen LogP) is 2.34. The molecule has 0 bridgehead atoms. The zero-order chi connectivity index (χ0) is 20.1. The predicted molar refractivity (Wildman–Crippen MR) is 108 cm³/mol. The minimum Gasteiger partial charge on any atom is -0.359 e. The number of fused-ring (bicyclic) bond motifs is 1. The topological polar surface area (TPSA) is 115 Å². The highest BCUT2D eigenvalue weighted by atomic mass is 16.2. The van der Waals surface area contributed by atoms with Gasteiger partial charge in [-0.2, -0.15) is 5.10 Å². The SMILES string of the molecule is C[C@@H](NC(=O)Nc1cc2[nH]nc(NCC(=O)N(C)C)c2cn1)c1ccccc1. The number of nitrogens with one attached hydrogen (secondary N) is 4. The number of carbonyl (C=O) groups excluding carboxylic acids is 2. The van der Waals surface area contributed by atoms with Crippen LogP contribution in [0.2, 0.25) is 0 Å². The van der Waals surface area contributed by atoms with Gasteiger partial charge in [-0.1, -0.05) is 30.3 Å². The summed E-state index contributed by atoms with van der Waals surface area (Å²) < 4.78 is 0. The maximum Gasteiger partial charge on any atom is 0.320 e. The van der Waals surface area contributed by atoms with E-state index in [0.717, 1.165) is 10.9 Å². The van der Waals surface area contributed by atoms with E-state index in [9.17, 15) is 9.59 Å². The van der Waals surface area contributed by atoms with Crippen LogP contribution in [-0.2, 0) is 4.79 Å². The lowest BCUT2D eigenvalue weighted by Gasteiger charge is -2.14. The summed E-state index contributed by atoms with van der Waals surface area (Å²) >= 11 is 0. The van der Waals surface area contributed by atoms with Crippen LogP contribution in [0.1, 0.15) is 18.5 Å². The van der Waals surface area contributed by atoms with E-state index >= 15 is 0 Å². The van der Waals surface area contributed by atoms with Crippen molar-refractivity contribution in [3.63, 3.8) is 0 Å². The number of hydrogen-bond acceptors (Lipinski definition) is 5. The molecule has 0 unspecified atom stereocenters. The largest absolute Gasteiger partial charge is 0.359 e. The molecular weight excluding hydrogens is 358 g/mol. The normalized spacial score (nSPS) is 11.7. The highest BCUT2D eigenvalue weighted by molar-refractivity contribution is 5.95. The summed E-state index contributed by atoms with van der Waals surface area (Å²) in [6.45, 7) is 2.04. The van der Waals surface area contributed by atoms with Gasteiger partial charge in [-0.3, -0.25) is 15.2 Å². The summed E-state index contributed by atoms with van der Waals surface area (Å²) in [4.78, 5) is 29.7. The van der Waals surface area contributed by atoms with E-state index in [-0.39, 0.29) is 24.5 Å². The molecule has 2 aromatic heterocycles. The second kappa shape index (κ2) is 8.38. The van der Waals surface area contributed by atoms with E-state index in [4.69, 9.17) is 0 Å². The first-order chi connectivity index (χ1) is 13.4. The minimum absolute atomic E-state index is 0.0633. The molecule has 2 heterocycles. The van der Waals surface area contributed by atoms with Crippen LogP contribution < -0.4 is 16.0 Å². The van der Waals surface area contributed by atoms with E-state index in [1.807, 2.05) is 37.3 Å². The van der Waals surface area contributed by atoms with Crippen LogP contribution >= 0.6 is 0 Å². The van der Waals surface area contributed by atoms with E-state index in [1.165, 1.54) is 4.90 Å². The van der Waals surface area contributed by atoms with E-state index in [2.05, 4.69) is 31.1 Å². The molecule has 0 fully saturated rings. The van der Waals surface area contributed by atoms with Crippen LogP contribution in [0.25, 0.3) is 10.9 Å². The average Bonchev–Trinajstić information content (AvgIpc) is 3.08. The molecule has 0 saturated heterocycles. The fourth-order valence-electron chi connectivity index (χ4n) is 2.61. The van der Waals surface area contributed by atoms with E-state index in [0.29, 0.717) is 17.2 Å². The molecule has 1 atom stereocenters. The fraction of sp³-hybridized carbons (Fsp3) is 0.263. The molecule has 9 heteroatoms. The Morgan fingerprint density at radius 1 is 1.21 bits per heavy atom. The van der Waals surface area contributed by atoms with Crippen LogP contribution in [-0.4, -0.2) is 52.7 Å². The molecule has 4 N–H and O–H groups in total. The maximum atomic E-state index is 12.2. The quantitative estimate of drug-likeness (QED) is 0.523. The molecule has 3 rings (SSSR count). The number of hydrogen-bond donors (Lipinski definition) is 4. The van der Waals surface area contributed by atoms with Crippen molar-refractivity contribution in [2.75, 3.05) is 31.3 Å². The van der Waals surface area contributed by atoms with Crippen LogP contribution in [0.5, 0.6) is 0 Å². The number of amides is 3. The van der Waals surface area contributed by atoms with Gasteiger partial charge < -0.3 is 15.5 Å². The smallest absolute Gasteiger partial charge is 0.320 e. The number of pyridine rings is 1. The average molecular weight is 381 g/mol. The van der Waals surface area contributed by atoms with Crippen molar-refractivity contribution in [1.82, 2.24) is 25.4 Å². The third-order valence-corrected chi connectivity index (χ3v) is 4.24. The van der Waals surface area contributed by atoms with Crippen LogP contribution in [0.3, 0.4) is 0 Å². The highest BCUT2D eigenvalue weighted by Gasteiger charge is 2.12. The van der Waals surface area contributed by atoms with E-state index < -0.39 is 0 Å². The number of aromatic amines is 1. The van der Waals surface area contributed by atoms with Crippen LogP contribution in [0.4, 0.5) is 16.4 Å². The van der Waals surface area contributed by atoms with Crippen molar-refractivity contribution in [1.29, 1.82) is 0 Å². The second-order valence-electron chi connectivity index (χ2n) is 6.56. The van der Waals surface area contributed by atoms with Crippen molar-refractivity contribution >= 4 is 34.5 Å².